The molecule has 1 heterocycles. The number of halogens is 7. The molecule has 1 aliphatic rings. The summed E-state index contributed by atoms with van der Waals surface area (Å²) in [5.41, 5.74) is 2.86. The number of imidazole rings is 1. The number of carbonyl (C=O) groups is 1. The van der Waals surface area contributed by atoms with Gasteiger partial charge >= 0.3 is 12.1 Å². The van der Waals surface area contributed by atoms with Gasteiger partial charge in [0.2, 0.25) is 0 Å². The standard InChI is InChI=1S/C28H24ClF3N2O2S.C2HF3O2/c1-28(16-5-10-21(29)25(12-16)36-2)11-3-4-24-26(28)34(18-8-6-17(30)7-9-18)27(33-24)37-15-20-22(31)13-19(35)14-23(20)32;3-2(4,5)1(6)7/h5-10,12-14,35H,3-4,11,15H2,1-2H3;(H,6,7). The Labute approximate surface area is 257 Å². The van der Waals surface area contributed by atoms with Crippen LogP contribution in [0.2, 0.25) is 5.02 Å². The molecule has 0 fully saturated rings. The summed E-state index contributed by atoms with van der Waals surface area (Å²) >= 11 is 7.49. The van der Waals surface area contributed by atoms with Gasteiger partial charge in [-0.05, 0) is 68.1 Å². The lowest BCUT2D eigenvalue weighted by Gasteiger charge is -2.36. The van der Waals surface area contributed by atoms with Crippen molar-refractivity contribution in [1.82, 2.24) is 9.55 Å². The molecule has 3 aromatic carbocycles. The number of benzene rings is 3. The Balaban J connectivity index is 0.000000566. The number of fused-ring (bicyclic) bond motifs is 1. The fraction of sp³-hybridized carbons (Fsp3) is 0.267. The Kier molecular flexibility index (Phi) is 9.79. The number of aryl methyl sites for hydroxylation is 1. The minimum atomic E-state index is -5.08. The van der Waals surface area contributed by atoms with Crippen molar-refractivity contribution in [2.24, 2.45) is 0 Å². The van der Waals surface area contributed by atoms with Gasteiger partial charge in [0.05, 0.1) is 23.5 Å². The van der Waals surface area contributed by atoms with Crippen LogP contribution in [0.15, 0.2) is 59.8 Å². The van der Waals surface area contributed by atoms with E-state index in [1.807, 2.05) is 16.7 Å². The van der Waals surface area contributed by atoms with Crippen LogP contribution in [0.4, 0.5) is 26.3 Å². The molecular weight excluding hydrogens is 634 g/mol. The summed E-state index contributed by atoms with van der Waals surface area (Å²) in [5, 5.41) is 17.7. The number of methoxy groups -OCH3 is 1. The first-order chi connectivity index (χ1) is 20.6. The lowest BCUT2D eigenvalue weighted by atomic mass is 9.71. The molecule has 6 nitrogen and oxygen atoms in total. The highest BCUT2D eigenvalue weighted by Gasteiger charge is 2.40. The van der Waals surface area contributed by atoms with Gasteiger partial charge in [-0.25, -0.2) is 22.9 Å². The molecule has 2 N–H and O–H groups in total. The summed E-state index contributed by atoms with van der Waals surface area (Å²) in [7, 11) is 1.57. The maximum atomic E-state index is 14.5. The Morgan fingerprint density at radius 1 is 1.09 bits per heavy atom. The molecule has 0 spiro atoms. The Bertz CT molecular complexity index is 1660. The number of rotatable bonds is 6. The number of phenols is 1. The van der Waals surface area contributed by atoms with E-state index >= 15 is 0 Å². The Morgan fingerprint density at radius 2 is 1.70 bits per heavy atom. The Morgan fingerprint density at radius 3 is 2.27 bits per heavy atom. The van der Waals surface area contributed by atoms with Crippen molar-refractivity contribution in [1.29, 1.82) is 0 Å². The van der Waals surface area contributed by atoms with E-state index in [1.165, 1.54) is 23.9 Å². The second-order valence-corrected chi connectivity index (χ2v) is 11.4. The number of aromatic hydroxyl groups is 1. The molecule has 14 heteroatoms. The number of nitrogens with zero attached hydrogens (tertiary/aromatic N) is 2. The average molecular weight is 659 g/mol. The van der Waals surface area contributed by atoms with Crippen LogP contribution < -0.4 is 4.74 Å². The van der Waals surface area contributed by atoms with Gasteiger partial charge in [-0.3, -0.25) is 4.57 Å². The van der Waals surface area contributed by atoms with Crippen molar-refractivity contribution >= 4 is 29.3 Å². The molecule has 0 amide bonds. The molecule has 0 bridgehead atoms. The number of carboxylic acids is 1. The molecule has 234 valence electrons. The molecule has 1 atom stereocenters. The van der Waals surface area contributed by atoms with Crippen molar-refractivity contribution < 1.29 is 46.1 Å². The lowest BCUT2D eigenvalue weighted by Crippen LogP contribution is -2.31. The summed E-state index contributed by atoms with van der Waals surface area (Å²) in [6, 6.07) is 13.6. The van der Waals surface area contributed by atoms with Gasteiger partial charge in [-0.1, -0.05) is 29.4 Å². The second kappa shape index (κ2) is 13.0. The van der Waals surface area contributed by atoms with Gasteiger partial charge in [0.15, 0.2) is 5.16 Å². The van der Waals surface area contributed by atoms with Crippen LogP contribution in [0.3, 0.4) is 0 Å². The zero-order chi connectivity index (χ0) is 32.4. The summed E-state index contributed by atoms with van der Waals surface area (Å²) in [6.07, 6.45) is -2.64. The molecule has 0 saturated heterocycles. The fourth-order valence-electron chi connectivity index (χ4n) is 4.99. The van der Waals surface area contributed by atoms with Crippen LogP contribution in [0.1, 0.15) is 42.3 Å². The highest BCUT2D eigenvalue weighted by atomic mass is 35.5. The quantitative estimate of drug-likeness (QED) is 0.160. The van der Waals surface area contributed by atoms with Gasteiger partial charge in [0.25, 0.3) is 0 Å². The average Bonchev–Trinajstić information content (AvgIpc) is 3.33. The van der Waals surface area contributed by atoms with Crippen LogP contribution in [0, 0.1) is 17.5 Å². The van der Waals surface area contributed by atoms with Gasteiger partial charge in [0, 0.05) is 34.6 Å². The van der Waals surface area contributed by atoms with E-state index in [4.69, 9.17) is 31.2 Å². The van der Waals surface area contributed by atoms with Gasteiger partial charge < -0.3 is 14.9 Å². The van der Waals surface area contributed by atoms with Crippen molar-refractivity contribution in [3.8, 4) is 17.2 Å². The topological polar surface area (TPSA) is 84.6 Å². The Hall–Kier alpha value is -3.84. The van der Waals surface area contributed by atoms with E-state index in [2.05, 4.69) is 6.92 Å². The molecule has 4 aromatic rings. The van der Waals surface area contributed by atoms with Gasteiger partial charge in [0.1, 0.15) is 29.0 Å². The maximum absolute atomic E-state index is 14.5. The molecule has 1 aliphatic carbocycles. The van der Waals surface area contributed by atoms with E-state index < -0.39 is 34.9 Å². The van der Waals surface area contributed by atoms with E-state index in [9.17, 15) is 31.4 Å². The zero-order valence-electron chi connectivity index (χ0n) is 23.2. The van der Waals surface area contributed by atoms with E-state index in [0.717, 1.165) is 48.3 Å². The van der Waals surface area contributed by atoms with Gasteiger partial charge in [-0.15, -0.1) is 0 Å². The molecule has 44 heavy (non-hydrogen) atoms. The molecule has 0 saturated carbocycles. The normalized spacial score (nSPS) is 16.1. The predicted octanol–water partition coefficient (Wildman–Crippen LogP) is 8.23. The van der Waals surface area contributed by atoms with Crippen LogP contribution in [0.5, 0.6) is 11.5 Å². The van der Waals surface area contributed by atoms with Crippen LogP contribution >= 0.6 is 23.4 Å². The number of hydrogen-bond donors (Lipinski definition) is 2. The zero-order valence-corrected chi connectivity index (χ0v) is 24.8. The van der Waals surface area contributed by atoms with Crippen LogP contribution in [-0.2, 0) is 22.4 Å². The third kappa shape index (κ3) is 6.94. The highest BCUT2D eigenvalue weighted by molar-refractivity contribution is 7.98. The number of carboxylic acid groups (broad SMARTS) is 1. The minimum Gasteiger partial charge on any atom is -0.508 e. The highest BCUT2D eigenvalue weighted by Crippen LogP contribution is 2.47. The van der Waals surface area contributed by atoms with E-state index in [1.54, 1.807) is 25.3 Å². The first kappa shape index (κ1) is 33.1. The summed E-state index contributed by atoms with van der Waals surface area (Å²) < 4.78 is 81.9. The first-order valence-corrected chi connectivity index (χ1v) is 14.3. The largest absolute Gasteiger partial charge is 0.508 e. The SMILES string of the molecule is COc1cc(C2(C)CCCc3nc(SCc4c(F)cc(O)cc4F)n(-c4ccc(F)cc4)c32)ccc1Cl.O=C(O)C(F)(F)F. The number of hydrogen-bond acceptors (Lipinski definition) is 5. The van der Waals surface area contributed by atoms with Crippen molar-refractivity contribution in [2.45, 2.75) is 48.7 Å². The van der Waals surface area contributed by atoms with Crippen LogP contribution in [0.25, 0.3) is 5.69 Å². The smallest absolute Gasteiger partial charge is 0.490 e. The summed E-state index contributed by atoms with van der Waals surface area (Å²) in [5.74, 6) is -4.73. The number of thioether (sulfide) groups is 1. The molecule has 0 radical (unpaired) electrons. The lowest BCUT2D eigenvalue weighted by molar-refractivity contribution is -0.192. The molecule has 1 aromatic heterocycles. The summed E-state index contributed by atoms with van der Waals surface area (Å²) in [6.45, 7) is 2.13. The minimum absolute atomic E-state index is 0.0412. The summed E-state index contributed by atoms with van der Waals surface area (Å²) in [4.78, 5) is 13.8. The monoisotopic (exact) mass is 658 g/mol. The number of alkyl halides is 3. The van der Waals surface area contributed by atoms with E-state index in [-0.39, 0.29) is 17.1 Å². The van der Waals surface area contributed by atoms with Crippen LogP contribution in [-0.4, -0.2) is 39.0 Å². The van der Waals surface area contributed by atoms with Gasteiger partial charge in [-0.2, -0.15) is 13.2 Å². The third-order valence-corrected chi connectivity index (χ3v) is 8.40. The molecule has 0 aliphatic heterocycles. The fourth-order valence-corrected chi connectivity index (χ4v) is 6.23. The third-order valence-electron chi connectivity index (χ3n) is 7.12. The maximum Gasteiger partial charge on any atom is 0.490 e. The van der Waals surface area contributed by atoms with E-state index in [0.29, 0.717) is 21.6 Å². The number of ether oxygens (including phenoxy) is 1. The number of aromatic nitrogens is 2. The number of phenolic OH excluding ortho intramolecular Hbond substituents is 1. The van der Waals surface area contributed by atoms with Crippen molar-refractivity contribution in [3.63, 3.8) is 0 Å². The predicted molar refractivity (Wildman–Crippen MR) is 152 cm³/mol. The molecule has 1 unspecified atom stereocenters. The van der Waals surface area contributed by atoms with Crippen molar-refractivity contribution in [2.75, 3.05) is 7.11 Å². The first-order valence-electron chi connectivity index (χ1n) is 13.0. The second-order valence-electron chi connectivity index (χ2n) is 10.0. The number of aliphatic carboxylic acids is 1. The molecular formula is C30H25ClF6N2O4S. The molecule has 5 rings (SSSR count). The van der Waals surface area contributed by atoms with Crippen molar-refractivity contribution in [3.05, 3.63) is 99.6 Å².